The molecule has 3 heterocycles. The fraction of sp³-hybridized carbons (Fsp3) is 0.235. The van der Waals surface area contributed by atoms with Crippen LogP contribution < -0.4 is 10.6 Å². The summed E-state index contributed by atoms with van der Waals surface area (Å²) in [6.45, 7) is 5.31. The molecular formula is C17H17N3O4S. The molecule has 2 N–H and O–H groups in total. The van der Waals surface area contributed by atoms with E-state index in [1.807, 2.05) is 0 Å². The Hall–Kier alpha value is -2.87. The van der Waals surface area contributed by atoms with Gasteiger partial charge in [-0.3, -0.25) is 14.9 Å². The van der Waals surface area contributed by atoms with Gasteiger partial charge in [0.05, 0.1) is 12.1 Å². The third-order valence-electron chi connectivity index (χ3n) is 3.44. The van der Waals surface area contributed by atoms with Crippen LogP contribution in [0.2, 0.25) is 0 Å². The normalized spacial score (nSPS) is 10.7. The average Bonchev–Trinajstić information content (AvgIpc) is 3.25. The molecule has 0 atom stereocenters. The van der Waals surface area contributed by atoms with Crippen molar-refractivity contribution in [2.45, 2.75) is 27.3 Å². The third-order valence-corrected chi connectivity index (χ3v) is 4.19. The highest BCUT2D eigenvalue weighted by atomic mass is 32.1. The van der Waals surface area contributed by atoms with Gasteiger partial charge in [-0.05, 0) is 32.0 Å². The van der Waals surface area contributed by atoms with Crippen molar-refractivity contribution >= 4 is 28.3 Å². The van der Waals surface area contributed by atoms with E-state index in [-0.39, 0.29) is 11.8 Å². The summed E-state index contributed by atoms with van der Waals surface area (Å²) in [6, 6.07) is 5.25. The second-order valence-corrected chi connectivity index (χ2v) is 6.35. The second-order valence-electron chi connectivity index (χ2n) is 5.49. The van der Waals surface area contributed by atoms with Gasteiger partial charge in [-0.2, -0.15) is 0 Å². The van der Waals surface area contributed by atoms with E-state index < -0.39 is 0 Å². The molecule has 0 spiro atoms. The first-order valence-electron chi connectivity index (χ1n) is 7.60. The fourth-order valence-electron chi connectivity index (χ4n) is 2.29. The van der Waals surface area contributed by atoms with Crippen molar-refractivity contribution < 1.29 is 18.4 Å². The minimum atomic E-state index is -0.263. The van der Waals surface area contributed by atoms with Crippen LogP contribution in [0.4, 0.5) is 5.13 Å². The maximum absolute atomic E-state index is 12.3. The number of rotatable bonds is 5. The van der Waals surface area contributed by atoms with Gasteiger partial charge < -0.3 is 14.2 Å². The number of aryl methyl sites for hydroxylation is 2. The molecule has 3 aromatic rings. The minimum Gasteiger partial charge on any atom is -0.466 e. The smallest absolute Gasteiger partial charge is 0.260 e. The molecule has 7 nitrogen and oxygen atoms in total. The zero-order valence-electron chi connectivity index (χ0n) is 14.0. The van der Waals surface area contributed by atoms with Gasteiger partial charge in [0.1, 0.15) is 23.0 Å². The van der Waals surface area contributed by atoms with Crippen molar-refractivity contribution in [1.29, 1.82) is 0 Å². The Kier molecular flexibility index (Phi) is 4.71. The summed E-state index contributed by atoms with van der Waals surface area (Å²) >= 11 is 1.30. The lowest BCUT2D eigenvalue weighted by Gasteiger charge is -1.99. The Balaban J connectivity index is 1.69. The van der Waals surface area contributed by atoms with Crippen LogP contribution in [-0.2, 0) is 11.3 Å². The lowest BCUT2D eigenvalue weighted by molar-refractivity contribution is -0.119. The molecular weight excluding hydrogens is 342 g/mol. The van der Waals surface area contributed by atoms with Crippen LogP contribution in [0, 0.1) is 13.8 Å². The Morgan fingerprint density at radius 2 is 2.04 bits per heavy atom. The molecule has 25 heavy (non-hydrogen) atoms. The van der Waals surface area contributed by atoms with E-state index in [2.05, 4.69) is 15.6 Å². The van der Waals surface area contributed by atoms with E-state index in [1.54, 1.807) is 37.4 Å². The number of carbonyl (C=O) groups excluding carboxylic acids is 2. The number of nitrogens with one attached hydrogen (secondary N) is 2. The first-order chi connectivity index (χ1) is 11.9. The first-order valence-corrected chi connectivity index (χ1v) is 8.48. The van der Waals surface area contributed by atoms with Crippen molar-refractivity contribution in [3.63, 3.8) is 0 Å². The van der Waals surface area contributed by atoms with E-state index in [0.717, 1.165) is 0 Å². The topological polar surface area (TPSA) is 97.4 Å². The third kappa shape index (κ3) is 3.97. The zero-order chi connectivity index (χ0) is 18.0. The predicted molar refractivity (Wildman–Crippen MR) is 93.5 cm³/mol. The quantitative estimate of drug-likeness (QED) is 0.726. The summed E-state index contributed by atoms with van der Waals surface area (Å²) in [7, 11) is 0. The van der Waals surface area contributed by atoms with Gasteiger partial charge in [-0.1, -0.05) is 0 Å². The van der Waals surface area contributed by atoms with Gasteiger partial charge in [-0.25, -0.2) is 4.98 Å². The number of amides is 2. The lowest BCUT2D eigenvalue weighted by Crippen LogP contribution is -2.18. The molecule has 8 heteroatoms. The summed E-state index contributed by atoms with van der Waals surface area (Å²) in [4.78, 5) is 27.6. The Morgan fingerprint density at radius 1 is 1.24 bits per heavy atom. The number of nitrogens with zero attached hydrogens (tertiary/aromatic N) is 1. The van der Waals surface area contributed by atoms with Crippen LogP contribution in [-0.4, -0.2) is 16.8 Å². The van der Waals surface area contributed by atoms with Crippen molar-refractivity contribution in [1.82, 2.24) is 10.3 Å². The van der Waals surface area contributed by atoms with Crippen LogP contribution in [0.25, 0.3) is 11.5 Å². The summed E-state index contributed by atoms with van der Waals surface area (Å²) in [5.41, 5.74) is 1.11. The standard InChI is InChI=1S/C17H17N3O4S/c1-9-6-13(10(2)23-9)16(22)20-17-19-14(8-25-17)15-5-4-12(24-15)7-18-11(3)21/h4-6,8H,7H2,1-3H3,(H,18,21)(H,19,20,22). The SMILES string of the molecule is CC(=O)NCc1ccc(-c2csc(NC(=O)c3cc(C)oc3C)n2)o1. The molecule has 0 saturated carbocycles. The minimum absolute atomic E-state index is 0.124. The van der Waals surface area contributed by atoms with Gasteiger partial charge in [0, 0.05) is 12.3 Å². The number of hydrogen-bond acceptors (Lipinski definition) is 6. The molecule has 0 radical (unpaired) electrons. The number of hydrogen-bond donors (Lipinski definition) is 2. The first kappa shape index (κ1) is 17.0. The largest absolute Gasteiger partial charge is 0.466 e. The van der Waals surface area contributed by atoms with E-state index in [0.29, 0.717) is 46.0 Å². The van der Waals surface area contributed by atoms with Gasteiger partial charge in [0.15, 0.2) is 10.9 Å². The van der Waals surface area contributed by atoms with Crippen LogP contribution in [0.5, 0.6) is 0 Å². The Labute approximate surface area is 148 Å². The van der Waals surface area contributed by atoms with Crippen molar-refractivity contribution in [2.24, 2.45) is 0 Å². The maximum Gasteiger partial charge on any atom is 0.260 e. The highest BCUT2D eigenvalue weighted by molar-refractivity contribution is 7.14. The number of carbonyl (C=O) groups is 2. The Morgan fingerprint density at radius 3 is 2.72 bits per heavy atom. The summed E-state index contributed by atoms with van der Waals surface area (Å²) in [5.74, 6) is 2.08. The molecule has 0 saturated heterocycles. The van der Waals surface area contributed by atoms with Gasteiger partial charge >= 0.3 is 0 Å². The summed E-state index contributed by atoms with van der Waals surface area (Å²) in [6.07, 6.45) is 0. The summed E-state index contributed by atoms with van der Waals surface area (Å²) in [5, 5.41) is 7.69. The van der Waals surface area contributed by atoms with Gasteiger partial charge in [0.2, 0.25) is 5.91 Å². The molecule has 0 bridgehead atoms. The molecule has 0 aliphatic carbocycles. The molecule has 0 fully saturated rings. The molecule has 0 unspecified atom stereocenters. The van der Waals surface area contributed by atoms with Crippen molar-refractivity contribution in [2.75, 3.05) is 5.32 Å². The number of anilines is 1. The number of thiazole rings is 1. The Bertz CT molecular complexity index is 922. The molecule has 2 amide bonds. The fourth-order valence-corrected chi connectivity index (χ4v) is 2.98. The number of furan rings is 2. The van der Waals surface area contributed by atoms with Crippen molar-refractivity contribution in [3.8, 4) is 11.5 Å². The monoisotopic (exact) mass is 359 g/mol. The average molecular weight is 359 g/mol. The van der Waals surface area contributed by atoms with Crippen LogP contribution in [0.15, 0.2) is 32.4 Å². The number of aromatic nitrogens is 1. The van der Waals surface area contributed by atoms with Crippen LogP contribution >= 0.6 is 11.3 Å². The molecule has 0 aliphatic heterocycles. The van der Waals surface area contributed by atoms with E-state index in [4.69, 9.17) is 8.83 Å². The highest BCUT2D eigenvalue weighted by Crippen LogP contribution is 2.27. The van der Waals surface area contributed by atoms with Crippen LogP contribution in [0.1, 0.15) is 34.6 Å². The van der Waals surface area contributed by atoms with E-state index in [9.17, 15) is 9.59 Å². The van der Waals surface area contributed by atoms with Gasteiger partial charge in [0.25, 0.3) is 5.91 Å². The molecule has 130 valence electrons. The van der Waals surface area contributed by atoms with E-state index in [1.165, 1.54) is 18.3 Å². The maximum atomic E-state index is 12.3. The molecule has 0 aliphatic rings. The molecule has 0 aromatic carbocycles. The lowest BCUT2D eigenvalue weighted by atomic mass is 10.2. The van der Waals surface area contributed by atoms with E-state index >= 15 is 0 Å². The predicted octanol–water partition coefficient (Wildman–Crippen LogP) is 3.50. The summed E-state index contributed by atoms with van der Waals surface area (Å²) < 4.78 is 11.0. The second kappa shape index (κ2) is 6.94. The highest BCUT2D eigenvalue weighted by Gasteiger charge is 2.16. The molecule has 3 aromatic heterocycles. The zero-order valence-corrected chi connectivity index (χ0v) is 14.8. The van der Waals surface area contributed by atoms with Gasteiger partial charge in [-0.15, -0.1) is 11.3 Å². The van der Waals surface area contributed by atoms with Crippen LogP contribution in [0.3, 0.4) is 0 Å². The van der Waals surface area contributed by atoms with Crippen molar-refractivity contribution in [3.05, 3.63) is 46.4 Å². The molecule has 3 rings (SSSR count).